The van der Waals surface area contributed by atoms with Crippen LogP contribution in [0.2, 0.25) is 0 Å². The quantitative estimate of drug-likeness (QED) is 0.584. The number of hydrogen-bond donors (Lipinski definition) is 1. The summed E-state index contributed by atoms with van der Waals surface area (Å²) in [5.74, 6) is -1.14. The van der Waals surface area contributed by atoms with Gasteiger partial charge < -0.3 is 15.0 Å². The molecule has 1 fully saturated rings. The molecule has 1 aliphatic rings. The van der Waals surface area contributed by atoms with Crippen molar-refractivity contribution in [2.45, 2.75) is 17.9 Å². The number of benzene rings is 1. The molecule has 140 valence electrons. The van der Waals surface area contributed by atoms with Crippen LogP contribution in [0, 0.1) is 0 Å². The first kappa shape index (κ1) is 19.8. The molecule has 1 aromatic carbocycles. The number of urea groups is 1. The maximum atomic E-state index is 12.5. The molecule has 2 rings (SSSR count). The van der Waals surface area contributed by atoms with E-state index in [0.717, 1.165) is 4.90 Å². The van der Waals surface area contributed by atoms with E-state index in [4.69, 9.17) is 4.74 Å². The molecule has 0 aliphatic carbocycles. The largest absolute Gasteiger partial charge is 0.449 e. The number of carbonyl (C=O) groups excluding carboxylic acids is 4. The van der Waals surface area contributed by atoms with Crippen LogP contribution in [0.5, 0.6) is 0 Å². The maximum absolute atomic E-state index is 12.5. The summed E-state index contributed by atoms with van der Waals surface area (Å²) in [4.78, 5) is 51.1. The number of amides is 4. The van der Waals surface area contributed by atoms with Gasteiger partial charge >= 0.3 is 12.0 Å². The molecule has 8 nitrogen and oxygen atoms in total. The molecule has 1 N–H and O–H groups in total. The third-order valence-corrected chi connectivity index (χ3v) is 4.77. The second-order valence-electron chi connectivity index (χ2n) is 5.84. The minimum atomic E-state index is -1.09. The molecular formula is C17H21N3O5S. The van der Waals surface area contributed by atoms with Crippen molar-refractivity contribution in [1.29, 1.82) is 0 Å². The van der Waals surface area contributed by atoms with Crippen LogP contribution in [0.25, 0.3) is 0 Å². The molecule has 4 amide bonds. The van der Waals surface area contributed by atoms with Gasteiger partial charge in [-0.3, -0.25) is 14.5 Å². The SMILES string of the molecule is C[C@@H](OC(=O)c1ccccc1SCC(=O)N(C)C)C(=O)N1CCNC1=O. The van der Waals surface area contributed by atoms with Crippen molar-refractivity contribution in [3.8, 4) is 0 Å². The minimum Gasteiger partial charge on any atom is -0.449 e. The average Bonchev–Trinajstić information content (AvgIpc) is 3.04. The van der Waals surface area contributed by atoms with Crippen LogP contribution >= 0.6 is 11.8 Å². The molecule has 0 saturated carbocycles. The first-order chi connectivity index (χ1) is 12.3. The van der Waals surface area contributed by atoms with Crippen LogP contribution < -0.4 is 5.32 Å². The number of imide groups is 1. The molecule has 0 unspecified atom stereocenters. The van der Waals surface area contributed by atoms with Crippen LogP contribution in [-0.2, 0) is 14.3 Å². The number of nitrogens with zero attached hydrogens (tertiary/aromatic N) is 2. The van der Waals surface area contributed by atoms with Crippen LogP contribution in [0.15, 0.2) is 29.2 Å². The Hall–Kier alpha value is -2.55. The Balaban J connectivity index is 2.03. The zero-order valence-electron chi connectivity index (χ0n) is 14.9. The first-order valence-corrected chi connectivity index (χ1v) is 9.02. The van der Waals surface area contributed by atoms with E-state index in [1.54, 1.807) is 38.4 Å². The molecule has 0 bridgehead atoms. The lowest BCUT2D eigenvalue weighted by Crippen LogP contribution is -2.41. The summed E-state index contributed by atoms with van der Waals surface area (Å²) >= 11 is 1.22. The first-order valence-electron chi connectivity index (χ1n) is 8.03. The van der Waals surface area contributed by atoms with Crippen molar-refractivity contribution in [3.63, 3.8) is 0 Å². The number of rotatable bonds is 6. The number of nitrogens with one attached hydrogen (secondary N) is 1. The van der Waals surface area contributed by atoms with Crippen molar-refractivity contribution < 1.29 is 23.9 Å². The van der Waals surface area contributed by atoms with E-state index in [1.165, 1.54) is 23.6 Å². The average molecular weight is 379 g/mol. The van der Waals surface area contributed by atoms with E-state index < -0.39 is 24.0 Å². The third kappa shape index (κ3) is 4.75. The van der Waals surface area contributed by atoms with E-state index in [1.807, 2.05) is 0 Å². The van der Waals surface area contributed by atoms with Gasteiger partial charge in [-0.25, -0.2) is 9.59 Å². The smallest absolute Gasteiger partial charge is 0.340 e. The maximum Gasteiger partial charge on any atom is 0.340 e. The van der Waals surface area contributed by atoms with Gasteiger partial charge in [-0.1, -0.05) is 12.1 Å². The Bertz CT molecular complexity index is 722. The summed E-state index contributed by atoms with van der Waals surface area (Å²) < 4.78 is 5.24. The summed E-state index contributed by atoms with van der Waals surface area (Å²) in [6.07, 6.45) is -1.09. The highest BCUT2D eigenvalue weighted by Crippen LogP contribution is 2.24. The third-order valence-electron chi connectivity index (χ3n) is 3.71. The molecular weight excluding hydrogens is 358 g/mol. The van der Waals surface area contributed by atoms with E-state index in [0.29, 0.717) is 11.4 Å². The summed E-state index contributed by atoms with van der Waals surface area (Å²) in [7, 11) is 3.32. The van der Waals surface area contributed by atoms with Gasteiger partial charge in [-0.05, 0) is 19.1 Å². The van der Waals surface area contributed by atoms with Crippen molar-refractivity contribution in [3.05, 3.63) is 29.8 Å². The van der Waals surface area contributed by atoms with Crippen molar-refractivity contribution in [1.82, 2.24) is 15.1 Å². The van der Waals surface area contributed by atoms with E-state index >= 15 is 0 Å². The number of hydrogen-bond acceptors (Lipinski definition) is 6. The molecule has 0 spiro atoms. The number of esters is 1. The molecule has 1 saturated heterocycles. The van der Waals surface area contributed by atoms with Crippen molar-refractivity contribution in [2.24, 2.45) is 0 Å². The lowest BCUT2D eigenvalue weighted by molar-refractivity contribution is -0.136. The van der Waals surface area contributed by atoms with Crippen LogP contribution in [-0.4, -0.2) is 72.7 Å². The van der Waals surface area contributed by atoms with Gasteiger partial charge in [0, 0.05) is 32.1 Å². The Labute approximate surface area is 155 Å². The fraction of sp³-hybridized carbons (Fsp3) is 0.412. The fourth-order valence-corrected chi connectivity index (χ4v) is 3.22. The molecule has 0 aromatic heterocycles. The lowest BCUT2D eigenvalue weighted by atomic mass is 10.2. The van der Waals surface area contributed by atoms with Gasteiger partial charge in [-0.15, -0.1) is 11.8 Å². The normalized spacial score (nSPS) is 14.6. The van der Waals surface area contributed by atoms with Crippen molar-refractivity contribution >= 4 is 35.6 Å². The predicted molar refractivity (Wildman–Crippen MR) is 95.8 cm³/mol. The summed E-state index contributed by atoms with van der Waals surface area (Å²) in [6, 6.07) is 6.22. The highest BCUT2D eigenvalue weighted by molar-refractivity contribution is 8.00. The van der Waals surface area contributed by atoms with Crippen LogP contribution in [0.1, 0.15) is 17.3 Å². The fourth-order valence-electron chi connectivity index (χ4n) is 2.21. The number of carbonyl (C=O) groups is 4. The Morgan fingerprint density at radius 3 is 2.62 bits per heavy atom. The van der Waals surface area contributed by atoms with E-state index in [9.17, 15) is 19.2 Å². The monoisotopic (exact) mass is 379 g/mol. The summed E-state index contributed by atoms with van der Waals surface area (Å²) in [6.45, 7) is 2.06. The zero-order chi connectivity index (χ0) is 19.3. The highest BCUT2D eigenvalue weighted by atomic mass is 32.2. The molecule has 9 heteroatoms. The van der Waals surface area contributed by atoms with Gasteiger partial charge in [0.05, 0.1) is 11.3 Å². The molecule has 1 aliphatic heterocycles. The Morgan fingerprint density at radius 2 is 2.00 bits per heavy atom. The lowest BCUT2D eigenvalue weighted by Gasteiger charge is -2.18. The zero-order valence-corrected chi connectivity index (χ0v) is 15.7. The van der Waals surface area contributed by atoms with E-state index in [2.05, 4.69) is 5.32 Å². The van der Waals surface area contributed by atoms with Gasteiger partial charge in [-0.2, -0.15) is 0 Å². The summed E-state index contributed by atoms with van der Waals surface area (Å²) in [5.41, 5.74) is 0.273. The Morgan fingerprint density at radius 1 is 1.31 bits per heavy atom. The standard InChI is InChI=1S/C17H21N3O5S/c1-11(15(22)20-9-8-18-17(20)24)25-16(23)12-6-4-5-7-13(12)26-10-14(21)19(2)3/h4-7,11H,8-10H2,1-3H3,(H,18,24)/t11-/m1/s1. The predicted octanol–water partition coefficient (Wildman–Crippen LogP) is 0.964. The molecule has 26 heavy (non-hydrogen) atoms. The van der Waals surface area contributed by atoms with Crippen molar-refractivity contribution in [2.75, 3.05) is 32.9 Å². The highest BCUT2D eigenvalue weighted by Gasteiger charge is 2.32. The topological polar surface area (TPSA) is 96.0 Å². The Kier molecular flexibility index (Phi) is 6.62. The molecule has 1 heterocycles. The van der Waals surface area contributed by atoms with Crippen LogP contribution in [0.3, 0.4) is 0 Å². The van der Waals surface area contributed by atoms with Gasteiger partial charge in [0.1, 0.15) is 0 Å². The number of ether oxygens (including phenoxy) is 1. The second kappa shape index (κ2) is 8.70. The van der Waals surface area contributed by atoms with Crippen LogP contribution in [0.4, 0.5) is 4.79 Å². The van der Waals surface area contributed by atoms with Gasteiger partial charge in [0.25, 0.3) is 5.91 Å². The van der Waals surface area contributed by atoms with E-state index in [-0.39, 0.29) is 23.8 Å². The molecule has 0 radical (unpaired) electrons. The van der Waals surface area contributed by atoms with Gasteiger partial charge in [0.2, 0.25) is 5.91 Å². The van der Waals surface area contributed by atoms with Gasteiger partial charge in [0.15, 0.2) is 6.10 Å². The second-order valence-corrected chi connectivity index (χ2v) is 6.86. The minimum absolute atomic E-state index is 0.0817. The molecule has 1 aromatic rings. The number of thioether (sulfide) groups is 1. The summed E-state index contributed by atoms with van der Waals surface area (Å²) in [5, 5.41) is 2.52. The molecule has 1 atom stereocenters.